The number of carbonyl (C=O) groups excluding carboxylic acids is 3. The van der Waals surface area contributed by atoms with Gasteiger partial charge >= 0.3 is 5.97 Å². The number of aliphatic carboxylic acids is 1. The summed E-state index contributed by atoms with van der Waals surface area (Å²) >= 11 is 0. The minimum atomic E-state index is -1.20. The molecule has 1 aliphatic rings. The van der Waals surface area contributed by atoms with Gasteiger partial charge in [-0.2, -0.15) is 0 Å². The van der Waals surface area contributed by atoms with Crippen molar-refractivity contribution in [3.05, 3.63) is 0 Å². The van der Waals surface area contributed by atoms with E-state index in [0.717, 1.165) is 0 Å². The zero-order chi connectivity index (χ0) is 26.0. The summed E-state index contributed by atoms with van der Waals surface area (Å²) in [6.07, 6.45) is 0.593. The van der Waals surface area contributed by atoms with Gasteiger partial charge in [-0.1, -0.05) is 13.8 Å². The summed E-state index contributed by atoms with van der Waals surface area (Å²) in [5.41, 5.74) is 16.2. The van der Waals surface area contributed by atoms with Gasteiger partial charge in [0, 0.05) is 13.1 Å². The summed E-state index contributed by atoms with van der Waals surface area (Å²) in [6, 6.07) is -4.14. The Labute approximate surface area is 199 Å². The SMILES string of the molecule is CC(C)CC(NC(=O)C(N)C(C)O)C(=O)N1CCCC1C(=O)NC(CCCN=C(N)N)C(=O)O. The average Bonchev–Trinajstić information content (AvgIpc) is 3.23. The van der Waals surface area contributed by atoms with Crippen molar-refractivity contribution >= 4 is 29.7 Å². The molecule has 0 aromatic carbocycles. The third-order valence-corrected chi connectivity index (χ3v) is 5.54. The normalized spacial score (nSPS) is 19.1. The van der Waals surface area contributed by atoms with Gasteiger partial charge in [-0.15, -0.1) is 0 Å². The van der Waals surface area contributed by atoms with Crippen molar-refractivity contribution in [2.75, 3.05) is 13.1 Å². The van der Waals surface area contributed by atoms with Crippen molar-refractivity contribution in [1.82, 2.24) is 15.5 Å². The molecule has 1 heterocycles. The van der Waals surface area contributed by atoms with Gasteiger partial charge in [0.15, 0.2) is 5.96 Å². The quantitative estimate of drug-likeness (QED) is 0.0854. The van der Waals surface area contributed by atoms with Crippen molar-refractivity contribution in [3.8, 4) is 0 Å². The molecule has 34 heavy (non-hydrogen) atoms. The number of nitrogens with zero attached hydrogens (tertiary/aromatic N) is 2. The van der Waals surface area contributed by atoms with Crippen LogP contribution >= 0.6 is 0 Å². The monoisotopic (exact) mass is 485 g/mol. The van der Waals surface area contributed by atoms with Crippen LogP contribution in [0, 0.1) is 5.92 Å². The van der Waals surface area contributed by atoms with Gasteiger partial charge in [0.1, 0.15) is 24.2 Å². The third-order valence-electron chi connectivity index (χ3n) is 5.54. The number of hydrogen-bond donors (Lipinski definition) is 7. The predicted octanol–water partition coefficient (Wildman–Crippen LogP) is -2.16. The molecule has 5 unspecified atom stereocenters. The van der Waals surface area contributed by atoms with Crippen LogP contribution in [-0.4, -0.2) is 88.1 Å². The number of carboxylic acid groups (broad SMARTS) is 1. The average molecular weight is 486 g/mol. The number of guanidine groups is 1. The Morgan fingerprint density at radius 1 is 1.12 bits per heavy atom. The smallest absolute Gasteiger partial charge is 0.326 e. The highest BCUT2D eigenvalue weighted by Crippen LogP contribution is 2.21. The fourth-order valence-electron chi connectivity index (χ4n) is 3.71. The maximum atomic E-state index is 13.3. The summed E-state index contributed by atoms with van der Waals surface area (Å²) in [7, 11) is 0. The molecule has 13 nitrogen and oxygen atoms in total. The molecule has 0 saturated carbocycles. The molecule has 3 amide bonds. The van der Waals surface area contributed by atoms with Crippen molar-refractivity contribution < 1.29 is 29.4 Å². The number of carboxylic acids is 1. The molecule has 1 saturated heterocycles. The first-order chi connectivity index (χ1) is 15.8. The zero-order valence-corrected chi connectivity index (χ0v) is 20.1. The number of aliphatic hydroxyl groups is 1. The summed E-state index contributed by atoms with van der Waals surface area (Å²) in [4.78, 5) is 55.3. The van der Waals surface area contributed by atoms with Crippen LogP contribution in [0.5, 0.6) is 0 Å². The Morgan fingerprint density at radius 2 is 1.76 bits per heavy atom. The molecule has 13 heteroatoms. The van der Waals surface area contributed by atoms with Gasteiger partial charge in [0.2, 0.25) is 17.7 Å². The molecule has 1 rings (SSSR count). The first-order valence-corrected chi connectivity index (χ1v) is 11.5. The molecule has 0 aromatic rings. The van der Waals surface area contributed by atoms with Crippen LogP contribution in [0.1, 0.15) is 52.9 Å². The lowest BCUT2D eigenvalue weighted by molar-refractivity contribution is -0.145. The van der Waals surface area contributed by atoms with Crippen LogP contribution in [0.3, 0.4) is 0 Å². The van der Waals surface area contributed by atoms with E-state index in [2.05, 4.69) is 15.6 Å². The molecule has 1 fully saturated rings. The Morgan fingerprint density at radius 3 is 2.29 bits per heavy atom. The topological polar surface area (TPSA) is 226 Å². The largest absolute Gasteiger partial charge is 0.480 e. The fraction of sp³-hybridized carbons (Fsp3) is 0.762. The molecule has 0 aromatic heterocycles. The van der Waals surface area contributed by atoms with Crippen LogP contribution in [0.2, 0.25) is 0 Å². The van der Waals surface area contributed by atoms with E-state index in [-0.39, 0.29) is 24.8 Å². The molecule has 0 bridgehead atoms. The number of hydrogen-bond acceptors (Lipinski definition) is 7. The Hall–Kier alpha value is -2.93. The molecule has 10 N–H and O–H groups in total. The summed E-state index contributed by atoms with van der Waals surface area (Å²) in [6.45, 7) is 5.66. The Balaban J connectivity index is 2.90. The van der Waals surface area contributed by atoms with E-state index in [9.17, 15) is 29.4 Å². The van der Waals surface area contributed by atoms with Crippen molar-refractivity contribution in [2.45, 2.75) is 83.1 Å². The van der Waals surface area contributed by atoms with Gasteiger partial charge in [-0.3, -0.25) is 19.4 Å². The lowest BCUT2D eigenvalue weighted by Gasteiger charge is -2.30. The van der Waals surface area contributed by atoms with Crippen molar-refractivity contribution in [3.63, 3.8) is 0 Å². The van der Waals surface area contributed by atoms with E-state index in [4.69, 9.17) is 17.2 Å². The number of carbonyl (C=O) groups is 4. The van der Waals surface area contributed by atoms with Crippen LogP contribution in [0.15, 0.2) is 4.99 Å². The number of nitrogens with one attached hydrogen (secondary N) is 2. The number of aliphatic imine (C=N–C) groups is 1. The molecular weight excluding hydrogens is 446 g/mol. The summed E-state index contributed by atoms with van der Waals surface area (Å²) in [5, 5.41) is 24.1. The lowest BCUT2D eigenvalue weighted by atomic mass is 10.0. The van der Waals surface area contributed by atoms with Crippen LogP contribution < -0.4 is 27.8 Å². The van der Waals surface area contributed by atoms with E-state index in [1.54, 1.807) is 0 Å². The van der Waals surface area contributed by atoms with Gasteiger partial charge in [0.25, 0.3) is 0 Å². The molecular formula is C21H39N7O6. The second-order valence-corrected chi connectivity index (χ2v) is 8.99. The third kappa shape index (κ3) is 9.14. The van der Waals surface area contributed by atoms with Gasteiger partial charge in [-0.25, -0.2) is 4.79 Å². The second kappa shape index (κ2) is 13.7. The van der Waals surface area contributed by atoms with Crippen molar-refractivity contribution in [1.29, 1.82) is 0 Å². The molecule has 0 radical (unpaired) electrons. The maximum Gasteiger partial charge on any atom is 0.326 e. The Kier molecular flexibility index (Phi) is 11.7. The van der Waals surface area contributed by atoms with Crippen molar-refractivity contribution in [2.24, 2.45) is 28.1 Å². The highest BCUT2D eigenvalue weighted by molar-refractivity contribution is 5.94. The van der Waals surface area contributed by atoms with Gasteiger partial charge in [-0.05, 0) is 44.9 Å². The number of amides is 3. The van der Waals surface area contributed by atoms with E-state index >= 15 is 0 Å². The Bertz CT molecular complexity index is 754. The minimum Gasteiger partial charge on any atom is -0.480 e. The lowest BCUT2D eigenvalue weighted by Crippen LogP contribution is -2.58. The van der Waals surface area contributed by atoms with Gasteiger partial charge in [0.05, 0.1) is 6.10 Å². The number of rotatable bonds is 13. The highest BCUT2D eigenvalue weighted by Gasteiger charge is 2.39. The standard InChI is InChI=1S/C21H39N7O6/c1-11(2)10-14(27-18(31)16(22)12(3)29)19(32)28-9-5-7-15(28)17(30)26-13(20(33)34)6-4-8-25-21(23)24/h11-16,29H,4-10,22H2,1-3H3,(H,26,30)(H,27,31)(H,33,34)(H4,23,24,25). The molecule has 194 valence electrons. The van der Waals surface area contributed by atoms with Crippen LogP contribution in [0.25, 0.3) is 0 Å². The molecule has 1 aliphatic heterocycles. The van der Waals surface area contributed by atoms with E-state index < -0.39 is 54.0 Å². The first-order valence-electron chi connectivity index (χ1n) is 11.5. The zero-order valence-electron chi connectivity index (χ0n) is 20.1. The van der Waals surface area contributed by atoms with Gasteiger partial charge < -0.3 is 42.9 Å². The number of likely N-dealkylation sites (tertiary alicyclic amines) is 1. The van der Waals surface area contributed by atoms with Crippen LogP contribution in [-0.2, 0) is 19.2 Å². The molecule has 0 spiro atoms. The van der Waals surface area contributed by atoms with E-state index in [1.165, 1.54) is 11.8 Å². The number of aliphatic hydroxyl groups excluding tert-OH is 1. The maximum absolute atomic E-state index is 13.3. The predicted molar refractivity (Wildman–Crippen MR) is 125 cm³/mol. The first kappa shape index (κ1) is 29.1. The van der Waals surface area contributed by atoms with E-state index in [0.29, 0.717) is 32.2 Å². The second-order valence-electron chi connectivity index (χ2n) is 8.99. The highest BCUT2D eigenvalue weighted by atomic mass is 16.4. The fourth-order valence-corrected chi connectivity index (χ4v) is 3.71. The summed E-state index contributed by atoms with van der Waals surface area (Å²) < 4.78 is 0. The van der Waals surface area contributed by atoms with Crippen LogP contribution in [0.4, 0.5) is 0 Å². The number of nitrogens with two attached hydrogens (primary N) is 3. The molecule has 0 aliphatic carbocycles. The summed E-state index contributed by atoms with van der Waals surface area (Å²) in [5.74, 6) is -2.94. The van der Waals surface area contributed by atoms with E-state index in [1.807, 2.05) is 13.8 Å². The minimum absolute atomic E-state index is 0.0495. The molecule has 5 atom stereocenters.